The van der Waals surface area contributed by atoms with Gasteiger partial charge in [0.2, 0.25) is 5.91 Å². The Balaban J connectivity index is 1.53. The van der Waals surface area contributed by atoms with Gasteiger partial charge >= 0.3 is 5.97 Å². The van der Waals surface area contributed by atoms with Crippen LogP contribution < -0.4 is 19.7 Å². The first-order valence-electron chi connectivity index (χ1n) is 12.9. The van der Waals surface area contributed by atoms with E-state index in [0.717, 1.165) is 5.56 Å². The largest absolute Gasteiger partial charge is 0.493 e. The molecule has 1 aliphatic heterocycles. The quantitative estimate of drug-likeness (QED) is 0.241. The monoisotopic (exact) mass is 595 g/mol. The van der Waals surface area contributed by atoms with E-state index >= 15 is 0 Å². The van der Waals surface area contributed by atoms with Crippen LogP contribution in [0.15, 0.2) is 66.7 Å². The molecule has 1 fully saturated rings. The number of hydrogen-bond donors (Lipinski definition) is 1. The minimum atomic E-state index is -0.833. The molecule has 214 valence electrons. The first-order chi connectivity index (χ1) is 19.7. The van der Waals surface area contributed by atoms with Crippen LogP contribution in [0.25, 0.3) is 0 Å². The lowest BCUT2D eigenvalue weighted by atomic mass is 10.1. The van der Waals surface area contributed by atoms with Gasteiger partial charge in [-0.15, -0.1) is 0 Å². The molecule has 41 heavy (non-hydrogen) atoms. The number of hydrogen-bond acceptors (Lipinski definition) is 7. The Morgan fingerprint density at radius 2 is 1.73 bits per heavy atom. The lowest BCUT2D eigenvalue weighted by Gasteiger charge is -2.24. The average Bonchev–Trinajstić information content (AvgIpc) is 3.19. The van der Waals surface area contributed by atoms with Gasteiger partial charge in [-0.1, -0.05) is 23.7 Å². The Labute approximate surface area is 248 Å². The topological polar surface area (TPSA) is 97.4 Å². The molecule has 0 unspecified atom stereocenters. The molecule has 1 heterocycles. The van der Waals surface area contributed by atoms with Gasteiger partial charge in [0.1, 0.15) is 6.04 Å². The van der Waals surface area contributed by atoms with Crippen molar-refractivity contribution < 1.29 is 28.6 Å². The number of esters is 1. The number of nitrogens with zero attached hydrogens (tertiary/aromatic N) is 2. The molecule has 2 amide bonds. The number of amides is 2. The number of methoxy groups -OCH3 is 2. The standard InChI is InChI=1S/C30H30ClN3O6S/c1-4-40-29(37)20-9-11-22(12-10-20)32-27(35)18-24-28(36)34(23-7-5-6-21(31)17-23)30(41)33(24)15-14-19-8-13-25(38-2)26(16-19)39-3/h5-13,16-17,24H,4,14-15,18H2,1-3H3,(H,32,35)/t24-/m1/s1. The summed E-state index contributed by atoms with van der Waals surface area (Å²) in [5, 5.41) is 3.55. The van der Waals surface area contributed by atoms with Crippen molar-refractivity contribution >= 4 is 58.1 Å². The van der Waals surface area contributed by atoms with Crippen molar-refractivity contribution in [1.29, 1.82) is 0 Å². The molecule has 1 atom stereocenters. The molecular weight excluding hydrogens is 566 g/mol. The summed E-state index contributed by atoms with van der Waals surface area (Å²) in [6, 6.07) is 18.0. The summed E-state index contributed by atoms with van der Waals surface area (Å²) in [5.74, 6) is 0.0637. The van der Waals surface area contributed by atoms with Crippen LogP contribution in [0.1, 0.15) is 29.3 Å². The van der Waals surface area contributed by atoms with Crippen molar-refractivity contribution in [2.75, 3.05) is 37.6 Å². The van der Waals surface area contributed by atoms with E-state index in [4.69, 9.17) is 38.0 Å². The third kappa shape index (κ3) is 6.96. The third-order valence-corrected chi connectivity index (χ3v) is 7.19. The Morgan fingerprint density at radius 3 is 2.39 bits per heavy atom. The van der Waals surface area contributed by atoms with Crippen LogP contribution in [-0.2, 0) is 20.7 Å². The molecule has 11 heteroatoms. The number of carbonyl (C=O) groups is 3. The molecular formula is C30H30ClN3O6S. The highest BCUT2D eigenvalue weighted by Crippen LogP contribution is 2.31. The lowest BCUT2D eigenvalue weighted by Crippen LogP contribution is -2.39. The van der Waals surface area contributed by atoms with Crippen molar-refractivity contribution in [3.05, 3.63) is 82.9 Å². The molecule has 0 radical (unpaired) electrons. The van der Waals surface area contributed by atoms with Gasteiger partial charge < -0.3 is 24.4 Å². The summed E-state index contributed by atoms with van der Waals surface area (Å²) in [6.07, 6.45) is 0.395. The Bertz CT molecular complexity index is 1450. The molecule has 1 aliphatic rings. The second-order valence-corrected chi connectivity index (χ2v) is 9.94. The van der Waals surface area contributed by atoms with Crippen molar-refractivity contribution in [3.8, 4) is 11.5 Å². The van der Waals surface area contributed by atoms with Gasteiger partial charge in [-0.05, 0) is 85.7 Å². The smallest absolute Gasteiger partial charge is 0.338 e. The Hall–Kier alpha value is -4.15. The number of nitrogens with one attached hydrogen (secondary N) is 1. The molecule has 0 aromatic heterocycles. The van der Waals surface area contributed by atoms with Crippen LogP contribution in [0.3, 0.4) is 0 Å². The second-order valence-electron chi connectivity index (χ2n) is 9.13. The summed E-state index contributed by atoms with van der Waals surface area (Å²) in [6.45, 7) is 2.37. The highest BCUT2D eigenvalue weighted by molar-refractivity contribution is 7.80. The SMILES string of the molecule is CCOC(=O)c1ccc(NC(=O)C[C@@H]2C(=O)N(c3cccc(Cl)c3)C(=S)N2CCc2ccc(OC)c(OC)c2)cc1. The minimum Gasteiger partial charge on any atom is -0.493 e. The van der Waals surface area contributed by atoms with E-state index in [0.29, 0.717) is 46.4 Å². The average molecular weight is 596 g/mol. The fourth-order valence-electron chi connectivity index (χ4n) is 4.52. The number of halogens is 1. The molecule has 9 nitrogen and oxygen atoms in total. The second kappa shape index (κ2) is 13.5. The fraction of sp³-hybridized carbons (Fsp3) is 0.267. The van der Waals surface area contributed by atoms with Crippen LogP contribution in [-0.4, -0.2) is 61.2 Å². The van der Waals surface area contributed by atoms with Crippen LogP contribution in [0.2, 0.25) is 5.02 Å². The van der Waals surface area contributed by atoms with E-state index in [2.05, 4.69) is 5.32 Å². The number of anilines is 2. The van der Waals surface area contributed by atoms with Gasteiger partial charge in [0.15, 0.2) is 16.6 Å². The maximum absolute atomic E-state index is 13.7. The number of ether oxygens (including phenoxy) is 3. The van der Waals surface area contributed by atoms with Gasteiger partial charge in [-0.3, -0.25) is 14.5 Å². The van der Waals surface area contributed by atoms with Crippen LogP contribution >= 0.6 is 23.8 Å². The van der Waals surface area contributed by atoms with Gasteiger partial charge in [0, 0.05) is 17.3 Å². The molecule has 0 spiro atoms. The maximum atomic E-state index is 13.7. The predicted molar refractivity (Wildman–Crippen MR) is 161 cm³/mol. The number of thiocarbonyl (C=S) groups is 1. The highest BCUT2D eigenvalue weighted by atomic mass is 35.5. The van der Waals surface area contributed by atoms with Crippen LogP contribution in [0.5, 0.6) is 11.5 Å². The van der Waals surface area contributed by atoms with Gasteiger partial charge in [0.05, 0.1) is 38.5 Å². The molecule has 0 saturated carbocycles. The van der Waals surface area contributed by atoms with Crippen LogP contribution in [0.4, 0.5) is 11.4 Å². The van der Waals surface area contributed by atoms with Gasteiger partial charge in [-0.25, -0.2) is 4.79 Å². The summed E-state index contributed by atoms with van der Waals surface area (Å²) >= 11 is 12.0. The number of carbonyl (C=O) groups excluding carboxylic acids is 3. The van der Waals surface area contributed by atoms with Crippen LogP contribution in [0, 0.1) is 0 Å². The number of rotatable bonds is 11. The van der Waals surface area contributed by atoms with Gasteiger partial charge in [0.25, 0.3) is 5.91 Å². The van der Waals surface area contributed by atoms with E-state index in [-0.39, 0.29) is 30.0 Å². The Morgan fingerprint density at radius 1 is 1.00 bits per heavy atom. The van der Waals surface area contributed by atoms with Gasteiger partial charge in [-0.2, -0.15) is 0 Å². The fourth-order valence-corrected chi connectivity index (χ4v) is 5.12. The minimum absolute atomic E-state index is 0.137. The first kappa shape index (κ1) is 29.8. The maximum Gasteiger partial charge on any atom is 0.338 e. The molecule has 1 N–H and O–H groups in total. The molecule has 3 aromatic carbocycles. The summed E-state index contributed by atoms with van der Waals surface area (Å²) in [5.41, 5.74) is 2.34. The molecule has 0 aliphatic carbocycles. The molecule has 1 saturated heterocycles. The normalized spacial score (nSPS) is 14.7. The zero-order valence-corrected chi connectivity index (χ0v) is 24.5. The van der Waals surface area contributed by atoms with E-state index in [1.807, 2.05) is 18.2 Å². The van der Waals surface area contributed by atoms with E-state index in [1.54, 1.807) is 74.6 Å². The van der Waals surface area contributed by atoms with E-state index < -0.39 is 12.0 Å². The van der Waals surface area contributed by atoms with Crippen molar-refractivity contribution in [2.45, 2.75) is 25.8 Å². The first-order valence-corrected chi connectivity index (χ1v) is 13.7. The summed E-state index contributed by atoms with van der Waals surface area (Å²) < 4.78 is 15.7. The molecule has 3 aromatic rings. The zero-order valence-electron chi connectivity index (χ0n) is 22.9. The third-order valence-electron chi connectivity index (χ3n) is 6.53. The lowest BCUT2D eigenvalue weighted by molar-refractivity contribution is -0.124. The highest BCUT2D eigenvalue weighted by Gasteiger charge is 2.44. The summed E-state index contributed by atoms with van der Waals surface area (Å²) in [4.78, 5) is 41.9. The van der Waals surface area contributed by atoms with E-state index in [1.165, 1.54) is 4.90 Å². The number of benzene rings is 3. The zero-order chi connectivity index (χ0) is 29.5. The molecule has 4 rings (SSSR count). The molecule has 0 bridgehead atoms. The Kier molecular flexibility index (Phi) is 9.80. The predicted octanol–water partition coefficient (Wildman–Crippen LogP) is 5.11. The van der Waals surface area contributed by atoms with Crippen molar-refractivity contribution in [3.63, 3.8) is 0 Å². The van der Waals surface area contributed by atoms with Crippen molar-refractivity contribution in [1.82, 2.24) is 4.90 Å². The summed E-state index contributed by atoms with van der Waals surface area (Å²) in [7, 11) is 3.14. The van der Waals surface area contributed by atoms with E-state index in [9.17, 15) is 14.4 Å². The van der Waals surface area contributed by atoms with Crippen molar-refractivity contribution in [2.24, 2.45) is 0 Å².